The Balaban J connectivity index is 1.41. The van der Waals surface area contributed by atoms with E-state index in [9.17, 15) is 0 Å². The van der Waals surface area contributed by atoms with Gasteiger partial charge >= 0.3 is 0 Å². The summed E-state index contributed by atoms with van der Waals surface area (Å²) in [5.74, 6) is 0.994. The van der Waals surface area contributed by atoms with Crippen LogP contribution in [0.25, 0.3) is 23.0 Å². The van der Waals surface area contributed by atoms with E-state index in [1.54, 1.807) is 0 Å². The lowest BCUT2D eigenvalue weighted by Gasteiger charge is -2.24. The molecule has 2 aromatic heterocycles. The molecular formula is C22H20N4O2. The van der Waals surface area contributed by atoms with Gasteiger partial charge < -0.3 is 9.26 Å². The van der Waals surface area contributed by atoms with Crippen LogP contribution in [0, 0.1) is 13.8 Å². The molecule has 0 aliphatic carbocycles. The quantitative estimate of drug-likeness (QED) is 0.530. The second kappa shape index (κ2) is 6.73. The number of aryl methyl sites for hydroxylation is 2. The highest BCUT2D eigenvalue weighted by Gasteiger charge is 2.24. The van der Waals surface area contributed by atoms with Crippen LogP contribution < -0.4 is 0 Å². The van der Waals surface area contributed by atoms with Gasteiger partial charge in [-0.15, -0.1) is 0 Å². The summed E-state index contributed by atoms with van der Waals surface area (Å²) < 4.78 is 13.5. The first kappa shape index (κ1) is 16.9. The standard InChI is InChI=1S/C22H20N4O2/c1-14-8-9-17(10-15(14)2)21-23-22(28-25-21)19-11-18-13-27-20(12-26(18)24-19)16-6-4-3-5-7-16/h3-11,20H,12-13H2,1-2H3/t20-/m0/s1. The average Bonchev–Trinajstić information content (AvgIpc) is 3.37. The van der Waals surface area contributed by atoms with E-state index in [-0.39, 0.29) is 6.10 Å². The largest absolute Gasteiger partial charge is 0.365 e. The fraction of sp³-hybridized carbons (Fsp3) is 0.227. The lowest BCUT2D eigenvalue weighted by atomic mass is 10.1. The number of aromatic nitrogens is 4. The zero-order chi connectivity index (χ0) is 19.1. The number of hydrogen-bond donors (Lipinski definition) is 0. The van der Waals surface area contributed by atoms with E-state index in [0.29, 0.717) is 30.6 Å². The molecule has 1 atom stereocenters. The molecule has 0 unspecified atom stereocenters. The maximum atomic E-state index is 6.01. The summed E-state index contributed by atoms with van der Waals surface area (Å²) >= 11 is 0. The Morgan fingerprint density at radius 2 is 1.86 bits per heavy atom. The van der Waals surface area contributed by atoms with E-state index < -0.39 is 0 Å². The second-order valence-electron chi connectivity index (χ2n) is 7.14. The number of rotatable bonds is 3. The lowest BCUT2D eigenvalue weighted by molar-refractivity contribution is -0.00113. The summed E-state index contributed by atoms with van der Waals surface area (Å²) in [7, 11) is 0. The summed E-state index contributed by atoms with van der Waals surface area (Å²) in [6.45, 7) is 5.33. The molecule has 0 amide bonds. The maximum Gasteiger partial charge on any atom is 0.278 e. The zero-order valence-corrected chi connectivity index (χ0v) is 15.8. The van der Waals surface area contributed by atoms with Crippen LogP contribution in [0.15, 0.2) is 59.1 Å². The van der Waals surface area contributed by atoms with Crippen LogP contribution in [-0.2, 0) is 17.9 Å². The van der Waals surface area contributed by atoms with Crippen molar-refractivity contribution in [3.8, 4) is 23.0 Å². The van der Waals surface area contributed by atoms with Crippen LogP contribution in [-0.4, -0.2) is 19.9 Å². The van der Waals surface area contributed by atoms with Gasteiger partial charge in [-0.2, -0.15) is 10.1 Å². The van der Waals surface area contributed by atoms with Gasteiger partial charge in [0.2, 0.25) is 5.82 Å². The Kier molecular flexibility index (Phi) is 4.06. The fourth-order valence-electron chi connectivity index (χ4n) is 3.42. The fourth-order valence-corrected chi connectivity index (χ4v) is 3.42. The number of ether oxygens (including phenoxy) is 1. The Hall–Kier alpha value is -3.25. The molecule has 0 bridgehead atoms. The van der Waals surface area contributed by atoms with Crippen molar-refractivity contribution in [2.45, 2.75) is 33.1 Å². The molecule has 3 heterocycles. The van der Waals surface area contributed by atoms with Gasteiger partial charge in [0, 0.05) is 5.56 Å². The number of hydrogen-bond acceptors (Lipinski definition) is 5. The van der Waals surface area contributed by atoms with Crippen LogP contribution in [0.5, 0.6) is 0 Å². The average molecular weight is 372 g/mol. The third-order valence-electron chi connectivity index (χ3n) is 5.22. The maximum absolute atomic E-state index is 6.01. The minimum absolute atomic E-state index is 0.00442. The monoisotopic (exact) mass is 372 g/mol. The number of fused-ring (bicyclic) bond motifs is 1. The molecule has 1 aliphatic heterocycles. The molecule has 0 N–H and O–H groups in total. The van der Waals surface area contributed by atoms with Gasteiger partial charge in [-0.25, -0.2) is 0 Å². The predicted molar refractivity (Wildman–Crippen MR) is 104 cm³/mol. The van der Waals surface area contributed by atoms with Crippen molar-refractivity contribution in [2.24, 2.45) is 0 Å². The summed E-state index contributed by atoms with van der Waals surface area (Å²) in [5, 5.41) is 8.81. The zero-order valence-electron chi connectivity index (χ0n) is 15.8. The number of benzene rings is 2. The van der Waals surface area contributed by atoms with Crippen LogP contribution in [0.1, 0.15) is 28.5 Å². The summed E-state index contributed by atoms with van der Waals surface area (Å²) in [6.07, 6.45) is -0.00442. The molecule has 4 aromatic rings. The smallest absolute Gasteiger partial charge is 0.278 e. The van der Waals surface area contributed by atoms with E-state index in [1.807, 2.05) is 35.0 Å². The highest BCUT2D eigenvalue weighted by molar-refractivity contribution is 5.59. The van der Waals surface area contributed by atoms with Gasteiger partial charge in [-0.05, 0) is 42.7 Å². The first-order chi connectivity index (χ1) is 13.7. The van der Waals surface area contributed by atoms with Gasteiger partial charge in [-0.3, -0.25) is 4.68 Å². The van der Waals surface area contributed by atoms with Crippen LogP contribution in [0.3, 0.4) is 0 Å². The van der Waals surface area contributed by atoms with Crippen molar-refractivity contribution in [3.63, 3.8) is 0 Å². The first-order valence-electron chi connectivity index (χ1n) is 9.32. The van der Waals surface area contributed by atoms with Gasteiger partial charge in [0.15, 0.2) is 5.69 Å². The Bertz CT molecular complexity index is 1130. The second-order valence-corrected chi connectivity index (χ2v) is 7.14. The Labute approximate surface area is 162 Å². The Morgan fingerprint density at radius 1 is 1.00 bits per heavy atom. The van der Waals surface area contributed by atoms with Crippen molar-refractivity contribution in [1.82, 2.24) is 19.9 Å². The van der Waals surface area contributed by atoms with Crippen molar-refractivity contribution < 1.29 is 9.26 Å². The molecular weight excluding hydrogens is 352 g/mol. The topological polar surface area (TPSA) is 66.0 Å². The first-order valence-corrected chi connectivity index (χ1v) is 9.32. The third kappa shape index (κ3) is 3.01. The molecule has 140 valence electrons. The number of nitrogens with zero attached hydrogens (tertiary/aromatic N) is 4. The lowest BCUT2D eigenvalue weighted by Crippen LogP contribution is -2.21. The molecule has 6 heteroatoms. The summed E-state index contributed by atoms with van der Waals surface area (Å²) in [4.78, 5) is 4.55. The molecule has 0 saturated heterocycles. The van der Waals surface area contributed by atoms with E-state index >= 15 is 0 Å². The van der Waals surface area contributed by atoms with Crippen LogP contribution in [0.4, 0.5) is 0 Å². The van der Waals surface area contributed by atoms with E-state index in [4.69, 9.17) is 9.26 Å². The van der Waals surface area contributed by atoms with Crippen molar-refractivity contribution in [1.29, 1.82) is 0 Å². The highest BCUT2D eigenvalue weighted by atomic mass is 16.5. The van der Waals surface area contributed by atoms with Gasteiger partial charge in [0.25, 0.3) is 5.89 Å². The van der Waals surface area contributed by atoms with Gasteiger partial charge in [-0.1, -0.05) is 47.6 Å². The van der Waals surface area contributed by atoms with Crippen LogP contribution >= 0.6 is 0 Å². The predicted octanol–water partition coefficient (Wildman–Crippen LogP) is 4.49. The normalized spacial score (nSPS) is 16.1. The summed E-state index contributed by atoms with van der Waals surface area (Å²) in [6, 6.07) is 18.3. The molecule has 28 heavy (non-hydrogen) atoms. The van der Waals surface area contributed by atoms with Crippen molar-refractivity contribution in [2.75, 3.05) is 0 Å². The molecule has 6 nitrogen and oxygen atoms in total. The SMILES string of the molecule is Cc1ccc(-c2noc(-c3cc4n(n3)C[C@@H](c3ccccc3)OC4)n2)cc1C. The summed E-state index contributed by atoms with van der Waals surface area (Å²) in [5.41, 5.74) is 6.21. The van der Waals surface area contributed by atoms with E-state index in [2.05, 4.69) is 53.4 Å². The molecule has 0 radical (unpaired) electrons. The third-order valence-corrected chi connectivity index (χ3v) is 5.22. The highest BCUT2D eigenvalue weighted by Crippen LogP contribution is 2.29. The molecule has 2 aromatic carbocycles. The molecule has 0 fully saturated rings. The van der Waals surface area contributed by atoms with E-state index in [0.717, 1.165) is 16.8 Å². The van der Waals surface area contributed by atoms with Crippen LogP contribution in [0.2, 0.25) is 0 Å². The van der Waals surface area contributed by atoms with Crippen molar-refractivity contribution >= 4 is 0 Å². The Morgan fingerprint density at radius 3 is 2.68 bits per heavy atom. The molecule has 5 rings (SSSR count). The van der Waals surface area contributed by atoms with Crippen molar-refractivity contribution in [3.05, 3.63) is 77.0 Å². The molecule has 0 spiro atoms. The van der Waals surface area contributed by atoms with E-state index in [1.165, 1.54) is 11.1 Å². The molecule has 0 saturated carbocycles. The molecule has 1 aliphatic rings. The van der Waals surface area contributed by atoms with Gasteiger partial charge in [0.05, 0.1) is 18.8 Å². The van der Waals surface area contributed by atoms with Gasteiger partial charge in [0.1, 0.15) is 6.10 Å². The minimum atomic E-state index is -0.00442. The minimum Gasteiger partial charge on any atom is -0.365 e.